The van der Waals surface area contributed by atoms with Crippen molar-refractivity contribution in [3.05, 3.63) is 83.1 Å². The highest BCUT2D eigenvalue weighted by Gasteiger charge is 2.67. The predicted molar refractivity (Wildman–Crippen MR) is 161 cm³/mol. The number of nitrogens with one attached hydrogen (secondary N) is 1. The standard InChI is InChI=1S/C28H27N7O5S3/c1-34-27(31-32-33-34)43-16-19-15-42-26-28(39-2,30-23(36)20(14-29)41-3)25(38)35(26)21(19)24(37)40-22(17-10-6-4-7-11-17)18-12-8-5-9-13-18/h4-13,20,22,26H,15-16H2,1-3H3,(H,30,36)/t20?,26-,28-/m0/s1. The maximum absolute atomic E-state index is 14.1. The van der Waals surface area contributed by atoms with Crippen LogP contribution in [0.1, 0.15) is 17.2 Å². The molecule has 0 aliphatic carbocycles. The minimum Gasteiger partial charge on any atom is -0.448 e. The van der Waals surface area contributed by atoms with Crippen LogP contribution in [0.3, 0.4) is 0 Å². The molecule has 1 N–H and O–H groups in total. The first-order valence-electron chi connectivity index (χ1n) is 13.0. The van der Waals surface area contributed by atoms with E-state index in [1.807, 2.05) is 66.7 Å². The van der Waals surface area contributed by atoms with Crippen LogP contribution in [-0.4, -0.2) is 84.1 Å². The molecule has 12 nitrogen and oxygen atoms in total. The van der Waals surface area contributed by atoms with Gasteiger partial charge in [0.2, 0.25) is 11.1 Å². The summed E-state index contributed by atoms with van der Waals surface area (Å²) < 4.78 is 13.3. The lowest BCUT2D eigenvalue weighted by molar-refractivity contribution is -0.193. The number of β-lactam (4-membered cyclic amide) rings is 1. The van der Waals surface area contributed by atoms with E-state index in [1.165, 1.54) is 40.2 Å². The second kappa shape index (κ2) is 13.2. The molecule has 0 bridgehead atoms. The molecule has 15 heteroatoms. The molecule has 1 aromatic heterocycles. The van der Waals surface area contributed by atoms with E-state index in [-0.39, 0.29) is 5.70 Å². The molecule has 3 atom stereocenters. The summed E-state index contributed by atoms with van der Waals surface area (Å²) in [5.41, 5.74) is 0.499. The summed E-state index contributed by atoms with van der Waals surface area (Å²) in [6, 6.07) is 20.6. The average molecular weight is 638 g/mol. The summed E-state index contributed by atoms with van der Waals surface area (Å²) in [6.07, 6.45) is 0.883. The highest BCUT2D eigenvalue weighted by atomic mass is 32.2. The van der Waals surface area contributed by atoms with Gasteiger partial charge < -0.3 is 14.8 Å². The second-order valence-corrected chi connectivity index (χ2v) is 12.4. The fraction of sp³-hybridized carbons (Fsp3) is 0.321. The van der Waals surface area contributed by atoms with Crippen molar-refractivity contribution >= 4 is 53.1 Å². The van der Waals surface area contributed by atoms with Crippen molar-refractivity contribution < 1.29 is 23.9 Å². The Morgan fingerprint density at radius 1 is 1.19 bits per heavy atom. The Kier molecular flexibility index (Phi) is 9.40. The van der Waals surface area contributed by atoms with Gasteiger partial charge in [-0.15, -0.1) is 28.6 Å². The van der Waals surface area contributed by atoms with E-state index in [2.05, 4.69) is 20.8 Å². The normalized spacial score (nSPS) is 20.2. The Labute approximate surface area is 260 Å². The fourth-order valence-corrected chi connectivity index (χ4v) is 7.56. The van der Waals surface area contributed by atoms with E-state index in [4.69, 9.17) is 9.47 Å². The van der Waals surface area contributed by atoms with Gasteiger partial charge in [-0.3, -0.25) is 14.5 Å². The number of tetrazole rings is 1. The Bertz CT molecular complexity index is 1540. The molecule has 222 valence electrons. The van der Waals surface area contributed by atoms with E-state index < -0.39 is 40.2 Å². The number of carbonyl (C=O) groups excluding carboxylic acids is 3. The summed E-state index contributed by atoms with van der Waals surface area (Å²) in [5.74, 6) is -1.34. The number of benzene rings is 2. The molecule has 2 aromatic carbocycles. The van der Waals surface area contributed by atoms with Gasteiger partial charge in [0.1, 0.15) is 11.1 Å². The molecule has 0 radical (unpaired) electrons. The summed E-state index contributed by atoms with van der Waals surface area (Å²) in [5, 5.41) is 22.3. The molecule has 5 rings (SSSR count). The molecule has 0 spiro atoms. The lowest BCUT2D eigenvalue weighted by atomic mass is 9.97. The molecule has 0 saturated carbocycles. The number of hydrogen-bond donors (Lipinski definition) is 1. The van der Waals surface area contributed by atoms with E-state index in [1.54, 1.807) is 13.3 Å². The third kappa shape index (κ3) is 5.87. The van der Waals surface area contributed by atoms with Crippen molar-refractivity contribution in [1.29, 1.82) is 5.26 Å². The van der Waals surface area contributed by atoms with E-state index >= 15 is 0 Å². The van der Waals surface area contributed by atoms with Gasteiger partial charge in [-0.2, -0.15) is 5.26 Å². The molecule has 3 aromatic rings. The molecule has 2 aliphatic heterocycles. The number of amides is 2. The van der Waals surface area contributed by atoms with Gasteiger partial charge in [-0.1, -0.05) is 72.4 Å². The third-order valence-electron chi connectivity index (χ3n) is 6.91. The molecular weight excluding hydrogens is 611 g/mol. The maximum Gasteiger partial charge on any atom is 0.356 e. The molecule has 2 amide bonds. The van der Waals surface area contributed by atoms with Gasteiger partial charge in [-0.05, 0) is 33.4 Å². The minimum atomic E-state index is -1.75. The van der Waals surface area contributed by atoms with Crippen molar-refractivity contribution in [3.8, 4) is 6.07 Å². The highest BCUT2D eigenvalue weighted by molar-refractivity contribution is 8.01. The van der Waals surface area contributed by atoms with Crippen molar-refractivity contribution in [2.75, 3.05) is 24.9 Å². The Balaban J connectivity index is 1.50. The first kappa shape index (κ1) is 30.6. The SMILES string of the molecule is CO[C@@]1(NC(=O)C(C#N)SC)C(=O)N2C(C(=O)OC(c3ccccc3)c3ccccc3)=C(CSc3nnnn3C)CS[C@H]21. The number of nitrogens with zero attached hydrogens (tertiary/aromatic N) is 6. The first-order chi connectivity index (χ1) is 20.8. The van der Waals surface area contributed by atoms with Crippen LogP contribution in [0, 0.1) is 11.3 Å². The lowest BCUT2D eigenvalue weighted by Gasteiger charge is -2.56. The van der Waals surface area contributed by atoms with Crippen molar-refractivity contribution in [2.45, 2.75) is 27.6 Å². The van der Waals surface area contributed by atoms with Crippen molar-refractivity contribution in [1.82, 2.24) is 30.4 Å². The quantitative estimate of drug-likeness (QED) is 0.142. The second-order valence-electron chi connectivity index (χ2n) is 9.45. The minimum absolute atomic E-state index is 0.0804. The molecule has 1 unspecified atom stereocenters. The number of methoxy groups -OCH3 is 1. The van der Waals surface area contributed by atoms with Crippen LogP contribution in [0.5, 0.6) is 0 Å². The summed E-state index contributed by atoms with van der Waals surface area (Å²) >= 11 is 3.70. The largest absolute Gasteiger partial charge is 0.448 e. The maximum atomic E-state index is 14.1. The average Bonchev–Trinajstić information content (AvgIpc) is 3.46. The number of rotatable bonds is 11. The van der Waals surface area contributed by atoms with Gasteiger partial charge in [0.15, 0.2) is 11.4 Å². The monoisotopic (exact) mass is 637 g/mol. The first-order valence-corrected chi connectivity index (χ1v) is 16.3. The molecule has 3 heterocycles. The zero-order chi connectivity index (χ0) is 30.6. The van der Waals surface area contributed by atoms with E-state index in [9.17, 15) is 19.6 Å². The van der Waals surface area contributed by atoms with Gasteiger partial charge in [0, 0.05) is 25.7 Å². The Morgan fingerprint density at radius 2 is 1.84 bits per heavy atom. The molecule has 2 aliphatic rings. The number of carbonyl (C=O) groups is 3. The van der Waals surface area contributed by atoms with Crippen LogP contribution in [-0.2, 0) is 30.9 Å². The number of aromatic nitrogens is 4. The number of aryl methyl sites for hydroxylation is 1. The predicted octanol–water partition coefficient (Wildman–Crippen LogP) is 2.52. The van der Waals surface area contributed by atoms with Crippen molar-refractivity contribution in [3.63, 3.8) is 0 Å². The topological polar surface area (TPSA) is 152 Å². The molecule has 1 saturated heterocycles. The number of ether oxygens (including phenoxy) is 2. The molecule has 1 fully saturated rings. The fourth-order valence-electron chi connectivity index (χ4n) is 4.75. The number of nitriles is 1. The number of esters is 1. The highest BCUT2D eigenvalue weighted by Crippen LogP contribution is 2.48. The zero-order valence-electron chi connectivity index (χ0n) is 23.4. The number of thioether (sulfide) groups is 3. The van der Waals surface area contributed by atoms with Gasteiger partial charge in [-0.25, -0.2) is 9.48 Å². The smallest absolute Gasteiger partial charge is 0.356 e. The summed E-state index contributed by atoms with van der Waals surface area (Å²) in [6.45, 7) is 0. The van der Waals surface area contributed by atoms with Gasteiger partial charge in [0.25, 0.3) is 11.6 Å². The lowest BCUT2D eigenvalue weighted by Crippen LogP contribution is -2.81. The van der Waals surface area contributed by atoms with E-state index in [0.29, 0.717) is 22.2 Å². The van der Waals surface area contributed by atoms with Crippen LogP contribution in [0.25, 0.3) is 0 Å². The van der Waals surface area contributed by atoms with Crippen LogP contribution < -0.4 is 5.32 Å². The van der Waals surface area contributed by atoms with Crippen LogP contribution in [0.4, 0.5) is 0 Å². The molecule has 43 heavy (non-hydrogen) atoms. The zero-order valence-corrected chi connectivity index (χ0v) is 25.8. The summed E-state index contributed by atoms with van der Waals surface area (Å²) in [7, 11) is 3.02. The van der Waals surface area contributed by atoms with Crippen molar-refractivity contribution in [2.24, 2.45) is 7.05 Å². The third-order valence-corrected chi connectivity index (χ3v) is 10.2. The molecular formula is C28H27N7O5S3. The summed E-state index contributed by atoms with van der Waals surface area (Å²) in [4.78, 5) is 42.2. The van der Waals surface area contributed by atoms with Crippen LogP contribution in [0.15, 0.2) is 77.1 Å². The van der Waals surface area contributed by atoms with E-state index in [0.717, 1.165) is 22.9 Å². The van der Waals surface area contributed by atoms with Crippen LogP contribution >= 0.6 is 35.3 Å². The Hall–Kier alpha value is -3.84. The number of fused-ring (bicyclic) bond motifs is 1. The Morgan fingerprint density at radius 3 is 2.37 bits per heavy atom. The van der Waals surface area contributed by atoms with Crippen LogP contribution in [0.2, 0.25) is 0 Å². The number of hydrogen-bond acceptors (Lipinski definition) is 12. The van der Waals surface area contributed by atoms with Gasteiger partial charge in [0.05, 0.1) is 6.07 Å². The van der Waals surface area contributed by atoms with Gasteiger partial charge >= 0.3 is 5.97 Å².